The molecule has 0 saturated heterocycles. The first-order valence-electron chi connectivity index (χ1n) is 5.39. The minimum atomic E-state index is 0.804. The van der Waals surface area contributed by atoms with Gasteiger partial charge in [0.15, 0.2) is 0 Å². The molecule has 2 heteroatoms. The quantitative estimate of drug-likeness (QED) is 0.651. The minimum Gasteiger partial charge on any atom is -0.299 e. The summed E-state index contributed by atoms with van der Waals surface area (Å²) in [6.07, 6.45) is 3.11. The lowest BCUT2D eigenvalue weighted by Crippen LogP contribution is -2.31. The van der Waals surface area contributed by atoms with E-state index in [1.54, 1.807) is 0 Å². The zero-order valence-electron chi connectivity index (χ0n) is 8.58. The third kappa shape index (κ3) is 2.18. The third-order valence-electron chi connectivity index (χ3n) is 2.89. The lowest BCUT2D eigenvalue weighted by molar-refractivity contribution is 0.255. The maximum atomic E-state index is 5.51. The standard InChI is InChI=1S/C12H16BN/c13-7-3-8-14-9-6-11-4-1-2-5-12(11)10-14/h1-2,4-5H,3,6-10H2. The van der Waals surface area contributed by atoms with E-state index in [-0.39, 0.29) is 0 Å². The van der Waals surface area contributed by atoms with Gasteiger partial charge in [-0.3, -0.25) is 4.90 Å². The highest BCUT2D eigenvalue weighted by Gasteiger charge is 2.14. The second kappa shape index (κ2) is 4.65. The molecule has 0 N–H and O–H groups in total. The maximum Gasteiger partial charge on any atom is 0.0653 e. The van der Waals surface area contributed by atoms with Crippen molar-refractivity contribution in [1.29, 1.82) is 0 Å². The third-order valence-corrected chi connectivity index (χ3v) is 2.89. The van der Waals surface area contributed by atoms with Crippen LogP contribution in [-0.2, 0) is 13.0 Å². The SMILES string of the molecule is [B]CCCN1CCc2ccccc2C1. The van der Waals surface area contributed by atoms with Crippen LogP contribution in [0.1, 0.15) is 17.5 Å². The lowest BCUT2D eigenvalue weighted by atomic mass is 9.98. The number of hydrogen-bond acceptors (Lipinski definition) is 1. The zero-order chi connectivity index (χ0) is 9.80. The lowest BCUT2D eigenvalue weighted by Gasteiger charge is -2.28. The van der Waals surface area contributed by atoms with Gasteiger partial charge in [-0.15, -0.1) is 0 Å². The topological polar surface area (TPSA) is 3.24 Å². The summed E-state index contributed by atoms with van der Waals surface area (Å²) in [4.78, 5) is 2.50. The molecule has 0 aliphatic carbocycles. The van der Waals surface area contributed by atoms with Gasteiger partial charge in [-0.1, -0.05) is 30.6 Å². The molecule has 1 aromatic carbocycles. The normalized spacial score (nSPS) is 16.6. The molecule has 0 amide bonds. The van der Waals surface area contributed by atoms with E-state index in [4.69, 9.17) is 7.85 Å². The second-order valence-electron chi connectivity index (χ2n) is 3.94. The summed E-state index contributed by atoms with van der Waals surface area (Å²) in [5.41, 5.74) is 3.02. The van der Waals surface area contributed by atoms with Crippen LogP contribution in [0.4, 0.5) is 0 Å². The molecule has 0 aromatic heterocycles. The van der Waals surface area contributed by atoms with Crippen LogP contribution in [0.5, 0.6) is 0 Å². The average Bonchev–Trinajstić information content (AvgIpc) is 2.26. The molecule has 1 aromatic rings. The van der Waals surface area contributed by atoms with E-state index in [1.165, 1.54) is 24.1 Å². The number of hydrogen-bond donors (Lipinski definition) is 0. The largest absolute Gasteiger partial charge is 0.299 e. The Kier molecular flexibility index (Phi) is 3.25. The second-order valence-corrected chi connectivity index (χ2v) is 3.94. The van der Waals surface area contributed by atoms with Crippen LogP contribution < -0.4 is 0 Å². The van der Waals surface area contributed by atoms with Gasteiger partial charge < -0.3 is 0 Å². The van der Waals surface area contributed by atoms with Gasteiger partial charge in [-0.2, -0.15) is 0 Å². The predicted octanol–water partition coefficient (Wildman–Crippen LogP) is 2.02. The average molecular weight is 185 g/mol. The fraction of sp³-hybridized carbons (Fsp3) is 0.500. The van der Waals surface area contributed by atoms with Crippen LogP contribution in [0, 0.1) is 0 Å². The summed E-state index contributed by atoms with van der Waals surface area (Å²) >= 11 is 0. The van der Waals surface area contributed by atoms with E-state index in [1.807, 2.05) is 0 Å². The van der Waals surface area contributed by atoms with Crippen molar-refractivity contribution in [2.45, 2.75) is 25.7 Å². The molecule has 0 fully saturated rings. The molecule has 0 atom stereocenters. The van der Waals surface area contributed by atoms with Gasteiger partial charge in [0.05, 0.1) is 7.85 Å². The van der Waals surface area contributed by atoms with Crippen molar-refractivity contribution in [3.05, 3.63) is 35.4 Å². The molecule has 72 valence electrons. The molecule has 1 nitrogen and oxygen atoms in total. The van der Waals surface area contributed by atoms with E-state index in [0.717, 1.165) is 25.8 Å². The molecule has 14 heavy (non-hydrogen) atoms. The van der Waals surface area contributed by atoms with Crippen molar-refractivity contribution in [3.63, 3.8) is 0 Å². The van der Waals surface area contributed by atoms with E-state index in [0.29, 0.717) is 0 Å². The van der Waals surface area contributed by atoms with Gasteiger partial charge in [-0.25, -0.2) is 0 Å². The molecule has 1 aliphatic heterocycles. The Morgan fingerprint density at radius 3 is 2.79 bits per heavy atom. The highest BCUT2D eigenvalue weighted by atomic mass is 15.1. The van der Waals surface area contributed by atoms with Crippen molar-refractivity contribution < 1.29 is 0 Å². The predicted molar refractivity (Wildman–Crippen MR) is 60.6 cm³/mol. The number of fused-ring (bicyclic) bond motifs is 1. The Morgan fingerprint density at radius 1 is 1.21 bits per heavy atom. The molecule has 0 unspecified atom stereocenters. The van der Waals surface area contributed by atoms with E-state index in [9.17, 15) is 0 Å². The van der Waals surface area contributed by atoms with Crippen LogP contribution in [0.2, 0.25) is 6.32 Å². The smallest absolute Gasteiger partial charge is 0.0653 e. The molecule has 0 bridgehead atoms. The minimum absolute atomic E-state index is 0.804. The van der Waals surface area contributed by atoms with Crippen molar-refractivity contribution in [3.8, 4) is 0 Å². The first-order chi connectivity index (χ1) is 6.90. The van der Waals surface area contributed by atoms with Crippen LogP contribution in [0.15, 0.2) is 24.3 Å². The summed E-state index contributed by atoms with van der Waals surface area (Å²) in [6.45, 7) is 3.44. The number of nitrogens with zero attached hydrogens (tertiary/aromatic N) is 1. The highest BCUT2D eigenvalue weighted by molar-refractivity contribution is 6.08. The van der Waals surface area contributed by atoms with Gasteiger partial charge in [-0.05, 0) is 30.5 Å². The molecule has 1 heterocycles. The molecular formula is C12H16BN. The fourth-order valence-corrected chi connectivity index (χ4v) is 2.06. The van der Waals surface area contributed by atoms with Crippen molar-refractivity contribution in [1.82, 2.24) is 4.90 Å². The van der Waals surface area contributed by atoms with Crippen LogP contribution in [0.3, 0.4) is 0 Å². The van der Waals surface area contributed by atoms with E-state index < -0.39 is 0 Å². The van der Waals surface area contributed by atoms with Gasteiger partial charge in [0, 0.05) is 13.1 Å². The summed E-state index contributed by atoms with van der Waals surface area (Å²) in [5.74, 6) is 0. The van der Waals surface area contributed by atoms with E-state index in [2.05, 4.69) is 29.2 Å². The number of benzene rings is 1. The molecule has 2 rings (SSSR count). The first-order valence-corrected chi connectivity index (χ1v) is 5.39. The van der Waals surface area contributed by atoms with Gasteiger partial charge in [0.25, 0.3) is 0 Å². The highest BCUT2D eigenvalue weighted by Crippen LogP contribution is 2.18. The molecule has 1 aliphatic rings. The Bertz CT molecular complexity index is 298. The first kappa shape index (κ1) is 9.79. The van der Waals surface area contributed by atoms with Gasteiger partial charge in [0.2, 0.25) is 0 Å². The van der Waals surface area contributed by atoms with Crippen LogP contribution >= 0.6 is 0 Å². The Morgan fingerprint density at radius 2 is 2.00 bits per heavy atom. The van der Waals surface area contributed by atoms with Crippen molar-refractivity contribution in [2.24, 2.45) is 0 Å². The summed E-state index contributed by atoms with van der Waals surface area (Å²) in [5, 5.41) is 0. The maximum absolute atomic E-state index is 5.51. The fourth-order valence-electron chi connectivity index (χ4n) is 2.06. The van der Waals surface area contributed by atoms with Crippen molar-refractivity contribution in [2.75, 3.05) is 13.1 Å². The zero-order valence-corrected chi connectivity index (χ0v) is 8.58. The molecule has 0 spiro atoms. The molecule has 0 saturated carbocycles. The Labute approximate surface area is 87.5 Å². The number of rotatable bonds is 3. The Balaban J connectivity index is 1.99. The van der Waals surface area contributed by atoms with E-state index >= 15 is 0 Å². The summed E-state index contributed by atoms with van der Waals surface area (Å²) < 4.78 is 0. The van der Waals surface area contributed by atoms with Gasteiger partial charge >= 0.3 is 0 Å². The molecular weight excluding hydrogens is 169 g/mol. The monoisotopic (exact) mass is 185 g/mol. The Hall–Kier alpha value is -0.755. The summed E-state index contributed by atoms with van der Waals surface area (Å²) in [7, 11) is 5.51. The van der Waals surface area contributed by atoms with Crippen molar-refractivity contribution >= 4 is 7.85 Å². The molecule has 2 radical (unpaired) electrons. The van der Waals surface area contributed by atoms with Crippen LogP contribution in [-0.4, -0.2) is 25.8 Å². The van der Waals surface area contributed by atoms with Gasteiger partial charge in [0.1, 0.15) is 0 Å². The summed E-state index contributed by atoms with van der Waals surface area (Å²) in [6, 6.07) is 8.75. The van der Waals surface area contributed by atoms with Crippen LogP contribution in [0.25, 0.3) is 0 Å².